The summed E-state index contributed by atoms with van der Waals surface area (Å²) in [6.07, 6.45) is -1.67. The molecule has 12 heteroatoms. The number of rotatable bonds is 11. The van der Waals surface area contributed by atoms with Crippen molar-refractivity contribution in [3.8, 4) is 0 Å². The Bertz CT molecular complexity index is 1450. The van der Waals surface area contributed by atoms with E-state index >= 15 is 0 Å². The van der Waals surface area contributed by atoms with E-state index in [9.17, 15) is 18.3 Å². The van der Waals surface area contributed by atoms with Crippen LogP contribution >= 0.6 is 11.3 Å². The predicted octanol–water partition coefficient (Wildman–Crippen LogP) is 3.71. The quantitative estimate of drug-likeness (QED) is 0.340. The summed E-state index contributed by atoms with van der Waals surface area (Å²) >= 11 is 1.43. The van der Waals surface area contributed by atoms with Crippen molar-refractivity contribution in [1.82, 2.24) is 14.6 Å². The zero-order chi connectivity index (χ0) is 29.1. The highest BCUT2D eigenvalue weighted by Crippen LogP contribution is 2.33. The van der Waals surface area contributed by atoms with Gasteiger partial charge in [0.15, 0.2) is 6.29 Å². The van der Waals surface area contributed by atoms with Gasteiger partial charge in [0.05, 0.1) is 51.4 Å². The van der Waals surface area contributed by atoms with E-state index in [1.54, 1.807) is 18.2 Å². The number of hydrogen-bond acceptors (Lipinski definition) is 9. The number of alkyl carbamates (subject to hydrolysis) is 1. The average Bonchev–Trinajstić information content (AvgIpc) is 3.64. The Kier molecular flexibility index (Phi) is 9.27. The SMILES string of the molecule is Cc1nc2ccc(S(=O)(=O)N(CC(C)C)C[C@@H](O)[C@H](Cc3ccccc3)NC(=O)O[C@H]3CO[C@H]4OCC[C@H]43)cc2s1. The second-order valence-electron chi connectivity index (χ2n) is 11.1. The van der Waals surface area contributed by atoms with Gasteiger partial charge in [-0.3, -0.25) is 0 Å². The molecule has 2 N–H and O–H groups in total. The van der Waals surface area contributed by atoms with Crippen LogP contribution in [0.5, 0.6) is 0 Å². The zero-order valence-electron chi connectivity index (χ0n) is 23.4. The molecule has 0 unspecified atom stereocenters. The van der Waals surface area contributed by atoms with Gasteiger partial charge in [-0.2, -0.15) is 4.31 Å². The van der Waals surface area contributed by atoms with Gasteiger partial charge < -0.3 is 24.6 Å². The second kappa shape index (κ2) is 12.7. The second-order valence-corrected chi connectivity index (χ2v) is 14.2. The molecular weight excluding hydrogens is 566 g/mol. The minimum absolute atomic E-state index is 0.000737. The lowest BCUT2D eigenvalue weighted by Crippen LogP contribution is -2.51. The Morgan fingerprint density at radius 3 is 2.73 bits per heavy atom. The maximum absolute atomic E-state index is 13.9. The van der Waals surface area contributed by atoms with Gasteiger partial charge in [-0.15, -0.1) is 11.3 Å². The molecule has 0 radical (unpaired) electrons. The van der Waals surface area contributed by atoms with Gasteiger partial charge in [-0.25, -0.2) is 18.2 Å². The molecule has 0 spiro atoms. The lowest BCUT2D eigenvalue weighted by Gasteiger charge is -2.31. The number of hydrogen-bond donors (Lipinski definition) is 2. The van der Waals surface area contributed by atoms with Crippen LogP contribution in [0.25, 0.3) is 10.2 Å². The number of nitrogens with zero attached hydrogens (tertiary/aromatic N) is 2. The van der Waals surface area contributed by atoms with Crippen molar-refractivity contribution in [1.29, 1.82) is 0 Å². The first-order chi connectivity index (χ1) is 19.6. The monoisotopic (exact) mass is 603 g/mol. The van der Waals surface area contributed by atoms with Crippen molar-refractivity contribution in [3.63, 3.8) is 0 Å². The molecule has 0 aliphatic carbocycles. The maximum atomic E-state index is 13.9. The molecule has 3 aromatic rings. The third-order valence-electron chi connectivity index (χ3n) is 7.37. The largest absolute Gasteiger partial charge is 0.443 e. The molecule has 2 fully saturated rings. The van der Waals surface area contributed by atoms with Gasteiger partial charge in [0.1, 0.15) is 6.10 Å². The summed E-state index contributed by atoms with van der Waals surface area (Å²) in [5.41, 5.74) is 1.63. The van der Waals surface area contributed by atoms with Gasteiger partial charge in [0.25, 0.3) is 0 Å². The maximum Gasteiger partial charge on any atom is 0.407 e. The van der Waals surface area contributed by atoms with Crippen molar-refractivity contribution >= 4 is 37.7 Å². The third kappa shape index (κ3) is 7.07. The number of thiazole rings is 1. The molecule has 10 nitrogen and oxygen atoms in total. The van der Waals surface area contributed by atoms with Crippen LogP contribution in [0.4, 0.5) is 4.79 Å². The third-order valence-corrected chi connectivity index (χ3v) is 10.1. The lowest BCUT2D eigenvalue weighted by atomic mass is 10.0. The first-order valence-electron chi connectivity index (χ1n) is 13.9. The summed E-state index contributed by atoms with van der Waals surface area (Å²) in [6, 6.07) is 13.5. The molecule has 5 atom stereocenters. The summed E-state index contributed by atoms with van der Waals surface area (Å²) in [5.74, 6) is -0.0228. The summed E-state index contributed by atoms with van der Waals surface area (Å²) in [6.45, 7) is 6.52. The first kappa shape index (κ1) is 29.9. The molecule has 2 aromatic carbocycles. The molecule has 3 heterocycles. The normalized spacial score (nSPS) is 22.2. The van der Waals surface area contributed by atoms with Crippen LogP contribution < -0.4 is 5.32 Å². The van der Waals surface area contributed by atoms with E-state index in [1.807, 2.05) is 51.1 Å². The molecule has 0 bridgehead atoms. The van der Waals surface area contributed by atoms with Crippen LogP contribution in [0.15, 0.2) is 53.4 Å². The highest BCUT2D eigenvalue weighted by molar-refractivity contribution is 7.89. The number of carbonyl (C=O) groups excluding carboxylic acids is 1. The van der Waals surface area contributed by atoms with Gasteiger partial charge in [0, 0.05) is 13.1 Å². The molecule has 5 rings (SSSR count). The number of aryl methyl sites for hydroxylation is 1. The van der Waals surface area contributed by atoms with Crippen molar-refractivity contribution in [2.75, 3.05) is 26.3 Å². The Labute approximate surface area is 244 Å². The lowest BCUT2D eigenvalue weighted by molar-refractivity contribution is -0.0907. The number of carbonyl (C=O) groups is 1. The standard InChI is InChI=1S/C29H37N3O7S2/c1-18(2)15-32(41(35,36)21-9-10-23-27(14-21)40-19(3)30-23)16-25(33)24(13-20-7-5-4-6-8-20)31-29(34)39-26-17-38-28-22(26)11-12-37-28/h4-10,14,18,22,24-26,28,33H,11-13,15-17H2,1-3H3,(H,31,34)/t22-,24-,25+,26-,28+/m0/s1. The van der Waals surface area contributed by atoms with Crippen molar-refractivity contribution < 1.29 is 32.5 Å². The fourth-order valence-corrected chi connectivity index (χ4v) is 7.95. The summed E-state index contributed by atoms with van der Waals surface area (Å²) in [5, 5.41) is 15.1. The topological polar surface area (TPSA) is 127 Å². The first-order valence-corrected chi connectivity index (χ1v) is 16.2. The number of aliphatic hydroxyl groups is 1. The van der Waals surface area contributed by atoms with Crippen LogP contribution in [0, 0.1) is 18.8 Å². The molecule has 2 aliphatic rings. The highest BCUT2D eigenvalue weighted by Gasteiger charge is 2.44. The predicted molar refractivity (Wildman–Crippen MR) is 155 cm³/mol. The minimum atomic E-state index is -3.96. The Morgan fingerprint density at radius 2 is 1.98 bits per heavy atom. The zero-order valence-corrected chi connectivity index (χ0v) is 25.1. The number of benzene rings is 2. The minimum Gasteiger partial charge on any atom is -0.443 e. The smallest absolute Gasteiger partial charge is 0.407 e. The number of nitrogens with one attached hydrogen (secondary N) is 1. The van der Waals surface area contributed by atoms with E-state index in [1.165, 1.54) is 15.6 Å². The van der Waals surface area contributed by atoms with E-state index < -0.39 is 34.4 Å². The Balaban J connectivity index is 1.35. The van der Waals surface area contributed by atoms with Crippen molar-refractivity contribution in [3.05, 3.63) is 59.1 Å². The van der Waals surface area contributed by atoms with E-state index in [2.05, 4.69) is 10.3 Å². The fraction of sp³-hybridized carbons (Fsp3) is 0.517. The molecule has 41 heavy (non-hydrogen) atoms. The number of amides is 1. The summed E-state index contributed by atoms with van der Waals surface area (Å²) < 4.78 is 46.6. The molecule has 2 aliphatic heterocycles. The van der Waals surface area contributed by atoms with Crippen molar-refractivity contribution in [2.24, 2.45) is 11.8 Å². The highest BCUT2D eigenvalue weighted by atomic mass is 32.2. The fourth-order valence-electron chi connectivity index (χ4n) is 5.37. The van der Waals surface area contributed by atoms with Gasteiger partial charge >= 0.3 is 6.09 Å². The number of sulfonamides is 1. The van der Waals surface area contributed by atoms with Crippen LogP contribution in [-0.4, -0.2) is 79.7 Å². The van der Waals surface area contributed by atoms with Crippen molar-refractivity contribution in [2.45, 2.75) is 63.0 Å². The van der Waals surface area contributed by atoms with Gasteiger partial charge in [-0.05, 0) is 49.4 Å². The van der Waals surface area contributed by atoms with E-state index in [0.29, 0.717) is 6.61 Å². The van der Waals surface area contributed by atoms with Crippen LogP contribution in [-0.2, 0) is 30.7 Å². The molecule has 1 amide bonds. The molecule has 1 aromatic heterocycles. The van der Waals surface area contributed by atoms with Crippen LogP contribution in [0.2, 0.25) is 0 Å². The van der Waals surface area contributed by atoms with Gasteiger partial charge in [-0.1, -0.05) is 44.2 Å². The average molecular weight is 604 g/mol. The Morgan fingerprint density at radius 1 is 1.20 bits per heavy atom. The van der Waals surface area contributed by atoms with Crippen LogP contribution in [0.3, 0.4) is 0 Å². The number of ether oxygens (including phenoxy) is 3. The molecule has 222 valence electrons. The molecular formula is C29H37N3O7S2. The summed E-state index contributed by atoms with van der Waals surface area (Å²) in [7, 11) is -3.96. The van der Waals surface area contributed by atoms with Crippen LogP contribution in [0.1, 0.15) is 30.8 Å². The molecule has 0 saturated carbocycles. The number of aliphatic hydroxyl groups excluding tert-OH is 1. The molecule has 2 saturated heterocycles. The number of fused-ring (bicyclic) bond motifs is 2. The summed E-state index contributed by atoms with van der Waals surface area (Å²) in [4.78, 5) is 17.6. The van der Waals surface area contributed by atoms with E-state index in [-0.39, 0.29) is 49.1 Å². The van der Waals surface area contributed by atoms with Gasteiger partial charge in [0.2, 0.25) is 10.0 Å². The van der Waals surface area contributed by atoms with E-state index in [0.717, 1.165) is 27.2 Å². The van der Waals surface area contributed by atoms with E-state index in [4.69, 9.17) is 14.2 Å². The number of aromatic nitrogens is 1. The Hall–Kier alpha value is -2.61.